The van der Waals surface area contributed by atoms with E-state index < -0.39 is 0 Å². The lowest BCUT2D eigenvalue weighted by atomic mass is 10.2. The summed E-state index contributed by atoms with van der Waals surface area (Å²) < 4.78 is 1.77. The number of pyridine rings is 1. The quantitative estimate of drug-likeness (QED) is 0.503. The zero-order chi connectivity index (χ0) is 13.5. The van der Waals surface area contributed by atoms with E-state index in [4.69, 9.17) is 11.6 Å². The van der Waals surface area contributed by atoms with Gasteiger partial charge in [-0.05, 0) is 12.1 Å². The second-order valence-electron chi connectivity index (χ2n) is 4.35. The van der Waals surface area contributed by atoms with E-state index in [2.05, 4.69) is 20.2 Å². The second kappa shape index (κ2) is 4.25. The predicted octanol–water partition coefficient (Wildman–Crippen LogP) is 2.99. The third-order valence-corrected chi connectivity index (χ3v) is 3.30. The van der Waals surface area contributed by atoms with Crippen LogP contribution in [-0.4, -0.2) is 24.6 Å². The lowest BCUT2D eigenvalue weighted by Gasteiger charge is -2.01. The number of rotatable bonds is 1. The highest BCUT2D eigenvalue weighted by molar-refractivity contribution is 6.29. The van der Waals surface area contributed by atoms with E-state index in [0.29, 0.717) is 16.6 Å². The molecular formula is C14H8ClN5. The second-order valence-corrected chi connectivity index (χ2v) is 4.74. The monoisotopic (exact) mass is 281 g/mol. The van der Waals surface area contributed by atoms with Gasteiger partial charge in [0.15, 0.2) is 11.5 Å². The minimum atomic E-state index is 0.392. The van der Waals surface area contributed by atoms with E-state index in [1.54, 1.807) is 16.8 Å². The summed E-state index contributed by atoms with van der Waals surface area (Å²) in [6, 6.07) is 13.5. The number of nitrogens with zero attached hydrogens (tertiary/aromatic N) is 5. The van der Waals surface area contributed by atoms with Gasteiger partial charge in [0.1, 0.15) is 17.2 Å². The average Bonchev–Trinajstić information content (AvgIpc) is 2.89. The van der Waals surface area contributed by atoms with Gasteiger partial charge < -0.3 is 0 Å². The highest BCUT2D eigenvalue weighted by Crippen LogP contribution is 2.20. The van der Waals surface area contributed by atoms with Crippen LogP contribution in [0, 0.1) is 0 Å². The number of fused-ring (bicyclic) bond motifs is 2. The van der Waals surface area contributed by atoms with E-state index in [1.807, 2.05) is 36.4 Å². The first-order chi connectivity index (χ1) is 9.81. The van der Waals surface area contributed by atoms with Crippen LogP contribution in [0.4, 0.5) is 0 Å². The molecule has 0 amide bonds. The van der Waals surface area contributed by atoms with Gasteiger partial charge in [0, 0.05) is 11.5 Å². The summed E-state index contributed by atoms with van der Waals surface area (Å²) in [5, 5.41) is 9.73. The van der Waals surface area contributed by atoms with E-state index >= 15 is 0 Å². The molecule has 0 saturated heterocycles. The van der Waals surface area contributed by atoms with Crippen molar-refractivity contribution in [2.75, 3.05) is 0 Å². The van der Waals surface area contributed by atoms with Gasteiger partial charge >= 0.3 is 0 Å². The standard InChI is InChI=1S/C14H8ClN5/c15-12-7-13-18-19-14(20(13)8-16-12)11-6-5-9-3-1-2-4-10(9)17-11/h1-8H. The number of aromatic nitrogens is 5. The van der Waals surface area contributed by atoms with Gasteiger partial charge in [-0.15, -0.1) is 10.2 Å². The van der Waals surface area contributed by atoms with Crippen molar-refractivity contribution in [3.05, 3.63) is 53.9 Å². The topological polar surface area (TPSA) is 56.0 Å². The Morgan fingerprint density at radius 1 is 1.00 bits per heavy atom. The summed E-state index contributed by atoms with van der Waals surface area (Å²) in [6.07, 6.45) is 1.60. The largest absolute Gasteiger partial charge is 0.264 e. The Morgan fingerprint density at radius 3 is 2.85 bits per heavy atom. The number of para-hydroxylation sites is 1. The average molecular weight is 282 g/mol. The summed E-state index contributed by atoms with van der Waals surface area (Å²) in [6.45, 7) is 0. The Labute approximate surface area is 118 Å². The third kappa shape index (κ3) is 1.71. The molecule has 96 valence electrons. The van der Waals surface area contributed by atoms with Crippen molar-refractivity contribution >= 4 is 28.2 Å². The van der Waals surface area contributed by atoms with Gasteiger partial charge in [-0.1, -0.05) is 35.9 Å². The molecule has 20 heavy (non-hydrogen) atoms. The van der Waals surface area contributed by atoms with Crippen LogP contribution in [0.3, 0.4) is 0 Å². The normalized spacial score (nSPS) is 11.2. The van der Waals surface area contributed by atoms with Crippen LogP contribution in [0.2, 0.25) is 5.15 Å². The minimum absolute atomic E-state index is 0.392. The predicted molar refractivity (Wildman–Crippen MR) is 76.5 cm³/mol. The maximum atomic E-state index is 5.84. The molecule has 0 N–H and O–H groups in total. The Morgan fingerprint density at radius 2 is 1.90 bits per heavy atom. The first-order valence-corrected chi connectivity index (χ1v) is 6.41. The number of halogens is 1. The number of hydrogen-bond acceptors (Lipinski definition) is 4. The Balaban J connectivity index is 1.96. The van der Waals surface area contributed by atoms with Crippen LogP contribution >= 0.6 is 11.6 Å². The highest BCUT2D eigenvalue weighted by atomic mass is 35.5. The Bertz CT molecular complexity index is 931. The number of hydrogen-bond donors (Lipinski definition) is 0. The molecule has 3 heterocycles. The molecule has 3 aromatic heterocycles. The summed E-state index contributed by atoms with van der Waals surface area (Å²) in [5.74, 6) is 0.648. The van der Waals surface area contributed by atoms with E-state index in [0.717, 1.165) is 16.6 Å². The molecule has 4 aromatic rings. The van der Waals surface area contributed by atoms with Gasteiger partial charge in [0.25, 0.3) is 0 Å². The fraction of sp³-hybridized carbons (Fsp3) is 0. The van der Waals surface area contributed by atoms with Crippen molar-refractivity contribution < 1.29 is 0 Å². The molecular weight excluding hydrogens is 274 g/mol. The maximum Gasteiger partial charge on any atom is 0.188 e. The van der Waals surface area contributed by atoms with Gasteiger partial charge in [-0.3, -0.25) is 4.40 Å². The molecule has 0 radical (unpaired) electrons. The van der Waals surface area contributed by atoms with E-state index in [1.165, 1.54) is 0 Å². The van der Waals surface area contributed by atoms with Crippen molar-refractivity contribution in [1.82, 2.24) is 24.6 Å². The third-order valence-electron chi connectivity index (χ3n) is 3.09. The molecule has 5 nitrogen and oxygen atoms in total. The number of benzene rings is 1. The Kier molecular flexibility index (Phi) is 2.40. The van der Waals surface area contributed by atoms with Crippen LogP contribution in [0.5, 0.6) is 0 Å². The molecule has 4 rings (SSSR count). The van der Waals surface area contributed by atoms with Crippen molar-refractivity contribution in [3.63, 3.8) is 0 Å². The van der Waals surface area contributed by atoms with Gasteiger partial charge in [0.05, 0.1) is 5.52 Å². The van der Waals surface area contributed by atoms with Crippen LogP contribution in [0.1, 0.15) is 0 Å². The minimum Gasteiger partial charge on any atom is -0.264 e. The van der Waals surface area contributed by atoms with Gasteiger partial charge in [-0.25, -0.2) is 9.97 Å². The first kappa shape index (κ1) is 11.3. The summed E-state index contributed by atoms with van der Waals surface area (Å²) in [5.41, 5.74) is 2.32. The van der Waals surface area contributed by atoms with Crippen molar-refractivity contribution in [1.29, 1.82) is 0 Å². The molecule has 0 aliphatic rings. The molecule has 0 aliphatic heterocycles. The van der Waals surface area contributed by atoms with Crippen molar-refractivity contribution in [3.8, 4) is 11.5 Å². The molecule has 0 saturated carbocycles. The lowest BCUT2D eigenvalue weighted by Crippen LogP contribution is -1.93. The summed E-state index contributed by atoms with van der Waals surface area (Å²) in [4.78, 5) is 8.65. The Hall–Kier alpha value is -2.53. The van der Waals surface area contributed by atoms with Crippen molar-refractivity contribution in [2.45, 2.75) is 0 Å². The molecule has 0 unspecified atom stereocenters. The lowest BCUT2D eigenvalue weighted by molar-refractivity contribution is 1.07. The van der Waals surface area contributed by atoms with E-state index in [9.17, 15) is 0 Å². The van der Waals surface area contributed by atoms with Crippen LogP contribution in [0.25, 0.3) is 28.1 Å². The molecule has 0 bridgehead atoms. The highest BCUT2D eigenvalue weighted by Gasteiger charge is 2.10. The zero-order valence-corrected chi connectivity index (χ0v) is 11.0. The van der Waals surface area contributed by atoms with Crippen LogP contribution in [-0.2, 0) is 0 Å². The first-order valence-electron chi connectivity index (χ1n) is 6.04. The van der Waals surface area contributed by atoms with Crippen LogP contribution < -0.4 is 0 Å². The fourth-order valence-corrected chi connectivity index (χ4v) is 2.28. The van der Waals surface area contributed by atoms with Crippen molar-refractivity contribution in [2.24, 2.45) is 0 Å². The van der Waals surface area contributed by atoms with Gasteiger partial charge in [0.2, 0.25) is 0 Å². The van der Waals surface area contributed by atoms with Crippen LogP contribution in [0.15, 0.2) is 48.8 Å². The molecule has 1 aromatic carbocycles. The maximum absolute atomic E-state index is 5.84. The SMILES string of the molecule is Clc1cc2nnc(-c3ccc4ccccc4n3)n2cn1. The van der Waals surface area contributed by atoms with Gasteiger partial charge in [-0.2, -0.15) is 0 Å². The zero-order valence-electron chi connectivity index (χ0n) is 10.2. The summed E-state index contributed by atoms with van der Waals surface area (Å²) >= 11 is 5.84. The summed E-state index contributed by atoms with van der Waals surface area (Å²) in [7, 11) is 0. The molecule has 0 atom stereocenters. The van der Waals surface area contributed by atoms with E-state index in [-0.39, 0.29) is 0 Å². The smallest absolute Gasteiger partial charge is 0.188 e. The molecule has 6 heteroatoms. The fourth-order valence-electron chi connectivity index (χ4n) is 2.14. The molecule has 0 aliphatic carbocycles. The molecule has 0 fully saturated rings. The molecule has 0 spiro atoms.